The predicted molar refractivity (Wildman–Crippen MR) is 92.1 cm³/mol. The number of aliphatic imine (C=N–C) groups is 1. The maximum Gasteiger partial charge on any atom is 0.156 e. The van der Waals surface area contributed by atoms with Crippen molar-refractivity contribution in [2.75, 3.05) is 25.4 Å². The Bertz CT molecular complexity index is 474. The smallest absolute Gasteiger partial charge is 0.156 e. The highest BCUT2D eigenvalue weighted by Gasteiger charge is 2.24. The van der Waals surface area contributed by atoms with Gasteiger partial charge in [0, 0.05) is 17.8 Å². The number of benzene rings is 1. The molecule has 2 heterocycles. The van der Waals surface area contributed by atoms with Crippen LogP contribution in [0.4, 0.5) is 0 Å². The van der Waals surface area contributed by atoms with Crippen LogP contribution in [-0.2, 0) is 6.42 Å². The van der Waals surface area contributed by atoms with Crippen molar-refractivity contribution in [3.63, 3.8) is 0 Å². The minimum absolute atomic E-state index is 0.530. The zero-order chi connectivity index (χ0) is 14.5. The van der Waals surface area contributed by atoms with Gasteiger partial charge in [-0.25, -0.2) is 0 Å². The number of likely N-dealkylation sites (tertiary alicyclic amines) is 1. The number of likely N-dealkylation sites (N-methyl/N-ethyl adjacent to an activating group) is 1. The third-order valence-corrected chi connectivity index (χ3v) is 5.51. The molecular weight excluding hydrogens is 278 g/mol. The highest BCUT2D eigenvalue weighted by atomic mass is 32.2. The molecule has 1 aromatic rings. The zero-order valence-corrected chi connectivity index (χ0v) is 13.6. The fourth-order valence-corrected chi connectivity index (χ4v) is 4.22. The Morgan fingerprint density at radius 2 is 2.19 bits per heavy atom. The molecule has 2 fully saturated rings. The predicted octanol–water partition coefficient (Wildman–Crippen LogP) is 2.77. The van der Waals surface area contributed by atoms with Gasteiger partial charge >= 0.3 is 0 Å². The van der Waals surface area contributed by atoms with E-state index in [1.165, 1.54) is 24.9 Å². The summed E-state index contributed by atoms with van der Waals surface area (Å²) >= 11 is 1.88. The van der Waals surface area contributed by atoms with E-state index >= 15 is 0 Å². The van der Waals surface area contributed by atoms with Crippen LogP contribution < -0.4 is 5.32 Å². The van der Waals surface area contributed by atoms with Crippen molar-refractivity contribution < 1.29 is 0 Å². The van der Waals surface area contributed by atoms with Gasteiger partial charge in [0.2, 0.25) is 0 Å². The standard InChI is InChI=1S/C17H25N3S/c1-2-20-10-6-9-16(20)12-18-17-19-15(13-21-17)11-14-7-4-3-5-8-14/h3-5,7-8,15-16H,2,6,9-13H2,1H3,(H,18,19). The van der Waals surface area contributed by atoms with Crippen molar-refractivity contribution in [2.45, 2.75) is 38.3 Å². The van der Waals surface area contributed by atoms with Crippen LogP contribution >= 0.6 is 11.8 Å². The van der Waals surface area contributed by atoms with Crippen LogP contribution in [0, 0.1) is 0 Å². The lowest BCUT2D eigenvalue weighted by atomic mass is 10.1. The number of hydrogen-bond acceptors (Lipinski definition) is 3. The van der Waals surface area contributed by atoms with Crippen molar-refractivity contribution in [1.29, 1.82) is 0 Å². The summed E-state index contributed by atoms with van der Waals surface area (Å²) in [4.78, 5) is 7.38. The first-order valence-electron chi connectivity index (χ1n) is 8.07. The van der Waals surface area contributed by atoms with Crippen LogP contribution in [0.25, 0.3) is 0 Å². The van der Waals surface area contributed by atoms with Gasteiger partial charge < -0.3 is 5.32 Å². The maximum atomic E-state index is 4.82. The normalized spacial score (nSPS) is 28.1. The Morgan fingerprint density at radius 1 is 1.33 bits per heavy atom. The summed E-state index contributed by atoms with van der Waals surface area (Å²) in [6.07, 6.45) is 3.74. The largest absolute Gasteiger partial charge is 0.361 e. The number of hydrogen-bond donors (Lipinski definition) is 1. The Balaban J connectivity index is 1.49. The fourth-order valence-electron chi connectivity index (χ4n) is 3.24. The molecule has 0 amide bonds. The summed E-state index contributed by atoms with van der Waals surface area (Å²) in [6, 6.07) is 11.9. The first-order chi connectivity index (χ1) is 10.3. The zero-order valence-electron chi connectivity index (χ0n) is 12.8. The van der Waals surface area contributed by atoms with Crippen LogP contribution in [0.3, 0.4) is 0 Å². The quantitative estimate of drug-likeness (QED) is 0.906. The van der Waals surface area contributed by atoms with Gasteiger partial charge in [-0.15, -0.1) is 0 Å². The highest BCUT2D eigenvalue weighted by molar-refractivity contribution is 8.14. The molecule has 1 aromatic carbocycles. The van der Waals surface area contributed by atoms with E-state index in [1.54, 1.807) is 0 Å². The van der Waals surface area contributed by atoms with Crippen molar-refractivity contribution in [1.82, 2.24) is 10.2 Å². The lowest BCUT2D eigenvalue weighted by Crippen LogP contribution is -2.33. The van der Waals surface area contributed by atoms with Crippen LogP contribution in [0.5, 0.6) is 0 Å². The average molecular weight is 303 g/mol. The van der Waals surface area contributed by atoms with E-state index in [-0.39, 0.29) is 0 Å². The topological polar surface area (TPSA) is 27.6 Å². The van der Waals surface area contributed by atoms with E-state index < -0.39 is 0 Å². The molecule has 0 radical (unpaired) electrons. The van der Waals surface area contributed by atoms with Gasteiger partial charge in [-0.3, -0.25) is 9.89 Å². The first kappa shape index (κ1) is 14.9. The molecule has 0 saturated carbocycles. The Morgan fingerprint density at radius 3 is 3.00 bits per heavy atom. The monoisotopic (exact) mass is 303 g/mol. The van der Waals surface area contributed by atoms with E-state index in [2.05, 4.69) is 47.5 Å². The molecule has 114 valence electrons. The van der Waals surface area contributed by atoms with E-state index in [1.807, 2.05) is 11.8 Å². The molecule has 2 unspecified atom stereocenters. The third kappa shape index (κ3) is 4.01. The van der Waals surface area contributed by atoms with E-state index in [0.717, 1.165) is 30.4 Å². The first-order valence-corrected chi connectivity index (χ1v) is 9.05. The second kappa shape index (κ2) is 7.32. The van der Waals surface area contributed by atoms with Crippen LogP contribution in [0.2, 0.25) is 0 Å². The summed E-state index contributed by atoms with van der Waals surface area (Å²) < 4.78 is 0. The lowest BCUT2D eigenvalue weighted by molar-refractivity contribution is 0.273. The molecule has 0 aromatic heterocycles. The molecular formula is C17H25N3S. The number of thioether (sulfide) groups is 1. The second-order valence-corrected chi connectivity index (χ2v) is 6.92. The number of nitrogens with one attached hydrogen (secondary N) is 1. The van der Waals surface area contributed by atoms with E-state index in [9.17, 15) is 0 Å². The molecule has 1 N–H and O–H groups in total. The molecule has 3 rings (SSSR count). The van der Waals surface area contributed by atoms with Gasteiger partial charge in [-0.05, 0) is 37.9 Å². The summed E-state index contributed by atoms with van der Waals surface area (Å²) in [7, 11) is 0. The summed E-state index contributed by atoms with van der Waals surface area (Å²) in [5.74, 6) is 1.13. The molecule has 4 heteroatoms. The van der Waals surface area contributed by atoms with Gasteiger partial charge in [-0.2, -0.15) is 0 Å². The van der Waals surface area contributed by atoms with Crippen molar-refractivity contribution >= 4 is 16.9 Å². The van der Waals surface area contributed by atoms with Crippen molar-refractivity contribution in [2.24, 2.45) is 4.99 Å². The molecule has 2 aliphatic heterocycles. The van der Waals surface area contributed by atoms with Crippen LogP contribution in [0.15, 0.2) is 35.3 Å². The molecule has 2 atom stereocenters. The van der Waals surface area contributed by atoms with Crippen LogP contribution in [-0.4, -0.2) is 47.5 Å². The summed E-state index contributed by atoms with van der Waals surface area (Å²) in [5, 5.41) is 4.74. The van der Waals surface area contributed by atoms with Gasteiger partial charge in [0.25, 0.3) is 0 Å². The second-order valence-electron chi connectivity index (χ2n) is 5.91. The molecule has 0 bridgehead atoms. The van der Waals surface area contributed by atoms with Gasteiger partial charge in [-0.1, -0.05) is 49.0 Å². The van der Waals surface area contributed by atoms with Gasteiger partial charge in [0.05, 0.1) is 6.54 Å². The Kier molecular flexibility index (Phi) is 5.20. The minimum Gasteiger partial charge on any atom is -0.361 e. The molecule has 0 aliphatic carbocycles. The number of rotatable bonds is 5. The molecule has 21 heavy (non-hydrogen) atoms. The van der Waals surface area contributed by atoms with Crippen molar-refractivity contribution in [3.05, 3.63) is 35.9 Å². The SMILES string of the molecule is CCN1CCCC1CN=C1NC(Cc2ccccc2)CS1. The fraction of sp³-hybridized carbons (Fsp3) is 0.588. The molecule has 0 spiro atoms. The van der Waals surface area contributed by atoms with Crippen LogP contribution in [0.1, 0.15) is 25.3 Å². The average Bonchev–Trinajstić information content (AvgIpc) is 3.15. The van der Waals surface area contributed by atoms with Gasteiger partial charge in [0.15, 0.2) is 5.17 Å². The van der Waals surface area contributed by atoms with Gasteiger partial charge in [0.1, 0.15) is 0 Å². The number of amidine groups is 1. The minimum atomic E-state index is 0.530. The van der Waals surface area contributed by atoms with E-state index in [4.69, 9.17) is 4.99 Å². The van der Waals surface area contributed by atoms with Crippen molar-refractivity contribution in [3.8, 4) is 0 Å². The molecule has 2 aliphatic rings. The maximum absolute atomic E-state index is 4.82. The summed E-state index contributed by atoms with van der Waals surface area (Å²) in [5.41, 5.74) is 1.41. The Labute approximate surface area is 132 Å². The van der Waals surface area contributed by atoms with E-state index in [0.29, 0.717) is 12.1 Å². The lowest BCUT2D eigenvalue weighted by Gasteiger charge is -2.20. The third-order valence-electron chi connectivity index (χ3n) is 4.42. The molecule has 2 saturated heterocycles. The highest BCUT2D eigenvalue weighted by Crippen LogP contribution is 2.20. The summed E-state index contributed by atoms with van der Waals surface area (Å²) in [6.45, 7) is 5.63. The molecule has 3 nitrogen and oxygen atoms in total. The number of nitrogens with zero attached hydrogens (tertiary/aromatic N) is 2. The Hall–Kier alpha value is -1.00.